The molecule has 0 heterocycles. The van der Waals surface area contributed by atoms with E-state index in [4.69, 9.17) is 0 Å². The van der Waals surface area contributed by atoms with Crippen LogP contribution in [0.25, 0.3) is 0 Å². The average molecular weight is 398 g/mol. The Balaban J connectivity index is 2.70. The van der Waals surface area contributed by atoms with Crippen LogP contribution in [0.4, 0.5) is 0 Å². The first-order chi connectivity index (χ1) is 9.64. The van der Waals surface area contributed by atoms with Gasteiger partial charge in [-0.1, -0.05) is 0 Å². The van der Waals surface area contributed by atoms with Gasteiger partial charge in [-0.2, -0.15) is 0 Å². The molecule has 108 valence electrons. The number of hydrogen-bond acceptors (Lipinski definition) is 0. The Kier molecular flexibility index (Phi) is 5.25. The minimum absolute atomic E-state index is 1.24. The van der Waals surface area contributed by atoms with Crippen LogP contribution in [0.15, 0.2) is 60.7 Å². The molecular weight excluding hydrogens is 374 g/mol. The maximum atomic E-state index is 2.87. The van der Waals surface area contributed by atoms with Gasteiger partial charge < -0.3 is 0 Å². The second kappa shape index (κ2) is 6.58. The van der Waals surface area contributed by atoms with Crippen LogP contribution in [0.5, 0.6) is 0 Å². The quantitative estimate of drug-likeness (QED) is 0.454. The predicted molar refractivity (Wildman–Crippen MR) is 103 cm³/mol. The van der Waals surface area contributed by atoms with E-state index >= 15 is 0 Å². The summed E-state index contributed by atoms with van der Waals surface area (Å²) in [5.41, 5.74) is 0. The molecule has 0 aliphatic heterocycles. The fourth-order valence-electron chi connectivity index (χ4n) is 3.25. The molecule has 2 aromatic carbocycles. The molecule has 0 saturated carbocycles. The van der Waals surface area contributed by atoms with Crippen molar-refractivity contribution in [1.82, 2.24) is 0 Å². The van der Waals surface area contributed by atoms with Crippen molar-refractivity contribution in [3.05, 3.63) is 60.7 Å². The predicted octanol–water partition coefficient (Wildman–Crippen LogP) is 5.36. The molecule has 2 aromatic rings. The molecule has 0 amide bonds. The molecule has 0 bridgehead atoms. The number of hydrogen-bond donors (Lipinski definition) is 0. The molecule has 0 aliphatic carbocycles. The van der Waals surface area contributed by atoms with Gasteiger partial charge in [0, 0.05) is 0 Å². The van der Waals surface area contributed by atoms with E-state index in [1.807, 2.05) is 0 Å². The normalized spacial score (nSPS) is 13.7. The van der Waals surface area contributed by atoms with Crippen LogP contribution in [-0.4, -0.2) is 12.3 Å². The van der Waals surface area contributed by atoms with Gasteiger partial charge in [0.25, 0.3) is 0 Å². The zero-order valence-corrected chi connectivity index (χ0v) is 15.5. The van der Waals surface area contributed by atoms with Crippen molar-refractivity contribution in [3.63, 3.8) is 0 Å². The maximum absolute atomic E-state index is 2.87. The molecule has 0 fully saturated rings. The van der Waals surface area contributed by atoms with Crippen molar-refractivity contribution < 1.29 is 0 Å². The monoisotopic (exact) mass is 398 g/mol. The Labute approximate surface area is 136 Å². The van der Waals surface area contributed by atoms with Crippen LogP contribution in [0.1, 0.15) is 26.7 Å². The van der Waals surface area contributed by atoms with Crippen LogP contribution in [0, 0.1) is 0 Å². The van der Waals surface area contributed by atoms with Gasteiger partial charge >= 0.3 is 137 Å². The summed E-state index contributed by atoms with van der Waals surface area (Å²) in [4.78, 5) is 0. The zero-order valence-electron chi connectivity index (χ0n) is 12.4. The number of benzene rings is 2. The summed E-state index contributed by atoms with van der Waals surface area (Å²) in [6.45, 7) is 4.64. The van der Waals surface area contributed by atoms with Gasteiger partial charge in [0.15, 0.2) is 0 Å². The van der Waals surface area contributed by atoms with Crippen LogP contribution in [0.2, 0.25) is 0 Å². The molecule has 2 heteroatoms. The van der Waals surface area contributed by atoms with E-state index in [-0.39, 0.29) is 0 Å². The topological polar surface area (TPSA) is 0 Å². The Bertz CT molecular complexity index is 486. The summed E-state index contributed by atoms with van der Waals surface area (Å²) in [6, 6.07) is 22.4. The Hall–Kier alpha value is -0.400. The molecule has 20 heavy (non-hydrogen) atoms. The van der Waals surface area contributed by atoms with Gasteiger partial charge in [-0.15, -0.1) is 0 Å². The molecular formula is C18H24IP. The van der Waals surface area contributed by atoms with E-state index < -0.39 is 4.25 Å². The molecule has 0 aliphatic rings. The third-order valence-electron chi connectivity index (χ3n) is 4.08. The molecule has 0 nitrogen and oxygen atoms in total. The van der Waals surface area contributed by atoms with Crippen molar-refractivity contribution in [2.75, 3.05) is 12.3 Å². The molecule has 0 saturated heterocycles. The van der Waals surface area contributed by atoms with Crippen LogP contribution in [0.3, 0.4) is 0 Å². The molecule has 0 N–H and O–H groups in total. The summed E-state index contributed by atoms with van der Waals surface area (Å²) in [5, 5.41) is 3.13. The third kappa shape index (κ3) is 2.80. The zero-order chi connectivity index (χ0) is 14.5. The summed E-state index contributed by atoms with van der Waals surface area (Å²) >= 11 is 2.87. The fraction of sp³-hybridized carbons (Fsp3) is 0.333. The van der Waals surface area contributed by atoms with E-state index in [9.17, 15) is 0 Å². The molecule has 0 spiro atoms. The van der Waals surface area contributed by atoms with E-state index in [2.05, 4.69) is 96.6 Å². The van der Waals surface area contributed by atoms with Crippen molar-refractivity contribution in [2.45, 2.75) is 26.7 Å². The Morgan fingerprint density at radius 1 is 0.700 bits per heavy atom. The average Bonchev–Trinajstić information content (AvgIpc) is 2.50. The van der Waals surface area contributed by atoms with E-state index in [0.29, 0.717) is 0 Å². The minimum atomic E-state index is -2.07. The summed E-state index contributed by atoms with van der Waals surface area (Å²) < 4.78 is -2.07. The third-order valence-corrected chi connectivity index (χ3v) is 16.0. The van der Waals surface area contributed by atoms with Gasteiger partial charge in [0.1, 0.15) is 0 Å². The van der Waals surface area contributed by atoms with Crippen molar-refractivity contribution in [3.8, 4) is 0 Å². The van der Waals surface area contributed by atoms with Crippen molar-refractivity contribution in [1.29, 1.82) is 0 Å². The second-order valence-electron chi connectivity index (χ2n) is 5.49. The first kappa shape index (κ1) is 16.0. The molecule has 0 atom stereocenters. The van der Waals surface area contributed by atoms with E-state index in [0.717, 1.165) is 0 Å². The molecule has 2 rings (SSSR count). The standard InChI is InChI=1S/C18H24IP/c1-3-15-20(19,16-4-2,17-11-7-5-8-12-17)18-13-9-6-10-14-18/h5-14H,3-4,15-16H2,1-2H3. The van der Waals surface area contributed by atoms with Crippen LogP contribution >= 0.6 is 26.3 Å². The molecule has 0 radical (unpaired) electrons. The van der Waals surface area contributed by atoms with Crippen molar-refractivity contribution in [2.24, 2.45) is 0 Å². The molecule has 0 unspecified atom stereocenters. The Morgan fingerprint density at radius 2 is 1.05 bits per heavy atom. The number of halogens is 1. The van der Waals surface area contributed by atoms with Gasteiger partial charge in [-0.25, -0.2) is 0 Å². The summed E-state index contributed by atoms with van der Waals surface area (Å²) in [5.74, 6) is 0. The first-order valence-corrected chi connectivity index (χ1v) is 12.9. The first-order valence-electron chi connectivity index (χ1n) is 7.48. The molecule has 0 aromatic heterocycles. The van der Waals surface area contributed by atoms with Crippen molar-refractivity contribution >= 4 is 36.9 Å². The summed E-state index contributed by atoms with van der Waals surface area (Å²) in [6.07, 6.45) is 5.08. The Morgan fingerprint density at radius 3 is 1.35 bits per heavy atom. The van der Waals surface area contributed by atoms with E-state index in [1.165, 1.54) is 25.2 Å². The van der Waals surface area contributed by atoms with E-state index in [1.54, 1.807) is 10.6 Å². The van der Waals surface area contributed by atoms with Crippen LogP contribution < -0.4 is 10.6 Å². The fourth-order valence-corrected chi connectivity index (χ4v) is 13.2. The summed E-state index contributed by atoms with van der Waals surface area (Å²) in [7, 11) is 0. The van der Waals surface area contributed by atoms with Gasteiger partial charge in [0.2, 0.25) is 0 Å². The van der Waals surface area contributed by atoms with Gasteiger partial charge in [0.05, 0.1) is 0 Å². The SMILES string of the molecule is CCCP(I)(CCC)(c1ccccc1)c1ccccc1. The van der Waals surface area contributed by atoms with Gasteiger partial charge in [-0.05, 0) is 0 Å². The second-order valence-corrected chi connectivity index (χ2v) is 17.2. The van der Waals surface area contributed by atoms with Crippen LogP contribution in [-0.2, 0) is 0 Å². The number of rotatable bonds is 6. The van der Waals surface area contributed by atoms with Gasteiger partial charge in [-0.3, -0.25) is 0 Å².